The molecule has 2 heterocycles. The summed E-state index contributed by atoms with van der Waals surface area (Å²) < 4.78 is 7.61. The summed E-state index contributed by atoms with van der Waals surface area (Å²) in [5.74, 6) is 2.74. The standard InChI is InChI=1S/C23H35N7O2.HI/c1-23(2,3)32-22(31)29(5)16-18-11-9-17(10-12-18)14-25-21(24-4)26-15-20-28-27-19-8-6-7-13-30(19)20;/h9-12H,6-8,13-16H2,1-5H3,(H2,24,25,26);1H. The molecule has 1 aromatic carbocycles. The third-order valence-electron chi connectivity index (χ3n) is 5.18. The molecule has 2 aromatic rings. The highest BCUT2D eigenvalue weighted by Crippen LogP contribution is 2.14. The monoisotopic (exact) mass is 569 g/mol. The molecule has 1 aliphatic heterocycles. The van der Waals surface area contributed by atoms with E-state index >= 15 is 0 Å². The maximum absolute atomic E-state index is 12.1. The summed E-state index contributed by atoms with van der Waals surface area (Å²) in [5, 5.41) is 15.3. The number of carbonyl (C=O) groups excluding carboxylic acids is 1. The molecule has 0 saturated heterocycles. The lowest BCUT2D eigenvalue weighted by Gasteiger charge is -2.24. The summed E-state index contributed by atoms with van der Waals surface area (Å²) in [6.07, 6.45) is 3.04. The Kier molecular flexibility index (Phi) is 9.93. The van der Waals surface area contributed by atoms with Crippen molar-refractivity contribution in [3.8, 4) is 0 Å². The summed E-state index contributed by atoms with van der Waals surface area (Å²) in [6, 6.07) is 8.15. The van der Waals surface area contributed by atoms with Gasteiger partial charge in [-0.2, -0.15) is 0 Å². The molecule has 9 nitrogen and oxygen atoms in total. The van der Waals surface area contributed by atoms with Crippen LogP contribution in [0, 0.1) is 0 Å². The van der Waals surface area contributed by atoms with Crippen LogP contribution in [0.25, 0.3) is 0 Å². The average molecular weight is 569 g/mol. The van der Waals surface area contributed by atoms with Crippen molar-refractivity contribution < 1.29 is 9.53 Å². The van der Waals surface area contributed by atoms with Gasteiger partial charge in [0.1, 0.15) is 11.4 Å². The lowest BCUT2D eigenvalue weighted by Crippen LogP contribution is -2.37. The van der Waals surface area contributed by atoms with E-state index in [1.54, 1.807) is 19.0 Å². The Balaban J connectivity index is 0.00000385. The number of benzene rings is 1. The van der Waals surface area contributed by atoms with Crippen LogP contribution in [0.3, 0.4) is 0 Å². The van der Waals surface area contributed by atoms with E-state index < -0.39 is 5.60 Å². The lowest BCUT2D eigenvalue weighted by atomic mass is 10.1. The first kappa shape index (κ1) is 26.9. The summed E-state index contributed by atoms with van der Waals surface area (Å²) in [6.45, 7) is 8.30. The van der Waals surface area contributed by atoms with Crippen LogP contribution in [0.15, 0.2) is 29.3 Å². The van der Waals surface area contributed by atoms with Crippen LogP contribution >= 0.6 is 24.0 Å². The van der Waals surface area contributed by atoms with Crippen molar-refractivity contribution in [2.24, 2.45) is 4.99 Å². The van der Waals surface area contributed by atoms with Gasteiger partial charge in [0.15, 0.2) is 11.8 Å². The SMILES string of the molecule is CN=C(NCc1ccc(CN(C)C(=O)OC(C)(C)C)cc1)NCc1nnc2n1CCCC2.I. The zero-order valence-corrected chi connectivity index (χ0v) is 22.6. The first-order valence-electron chi connectivity index (χ1n) is 11.1. The number of guanidine groups is 1. The van der Waals surface area contributed by atoms with E-state index in [1.165, 1.54) is 12.8 Å². The number of rotatable bonds is 6. The number of amides is 1. The Hall–Kier alpha value is -2.37. The second kappa shape index (κ2) is 12.2. The molecular weight excluding hydrogens is 533 g/mol. The molecule has 0 spiro atoms. The minimum absolute atomic E-state index is 0. The highest BCUT2D eigenvalue weighted by atomic mass is 127. The van der Waals surface area contributed by atoms with E-state index in [9.17, 15) is 4.79 Å². The number of aryl methyl sites for hydroxylation is 1. The van der Waals surface area contributed by atoms with Crippen molar-refractivity contribution in [3.05, 3.63) is 47.0 Å². The molecule has 0 radical (unpaired) electrons. The topological polar surface area (TPSA) is 96.7 Å². The van der Waals surface area contributed by atoms with Gasteiger partial charge in [-0.3, -0.25) is 4.99 Å². The minimum atomic E-state index is -0.499. The van der Waals surface area contributed by atoms with Gasteiger partial charge in [0.2, 0.25) is 0 Å². The molecule has 0 bridgehead atoms. The third-order valence-corrected chi connectivity index (χ3v) is 5.18. The summed E-state index contributed by atoms with van der Waals surface area (Å²) in [5.41, 5.74) is 1.67. The van der Waals surface area contributed by atoms with Gasteiger partial charge in [-0.1, -0.05) is 24.3 Å². The number of carbonyl (C=O) groups is 1. The number of nitrogens with zero attached hydrogens (tertiary/aromatic N) is 5. The minimum Gasteiger partial charge on any atom is -0.444 e. The molecule has 10 heteroatoms. The van der Waals surface area contributed by atoms with Gasteiger partial charge in [0, 0.05) is 40.2 Å². The first-order valence-corrected chi connectivity index (χ1v) is 11.1. The molecule has 0 saturated carbocycles. The van der Waals surface area contributed by atoms with Crippen molar-refractivity contribution in [3.63, 3.8) is 0 Å². The van der Waals surface area contributed by atoms with Gasteiger partial charge in [0.25, 0.3) is 0 Å². The number of hydrogen-bond acceptors (Lipinski definition) is 5. The van der Waals surface area contributed by atoms with Gasteiger partial charge >= 0.3 is 6.09 Å². The maximum atomic E-state index is 12.1. The lowest BCUT2D eigenvalue weighted by molar-refractivity contribution is 0.0285. The van der Waals surface area contributed by atoms with Gasteiger partial charge in [-0.05, 0) is 44.7 Å². The maximum Gasteiger partial charge on any atom is 0.410 e. The van der Waals surface area contributed by atoms with Crippen molar-refractivity contribution >= 4 is 36.0 Å². The number of ether oxygens (including phenoxy) is 1. The van der Waals surface area contributed by atoms with Gasteiger partial charge < -0.3 is 24.8 Å². The number of hydrogen-bond donors (Lipinski definition) is 2. The van der Waals surface area contributed by atoms with Crippen LogP contribution in [0.4, 0.5) is 4.79 Å². The molecule has 2 N–H and O–H groups in total. The number of aromatic nitrogens is 3. The third kappa shape index (κ3) is 8.17. The second-order valence-electron chi connectivity index (χ2n) is 9.07. The first-order chi connectivity index (χ1) is 15.2. The zero-order valence-electron chi connectivity index (χ0n) is 20.2. The van der Waals surface area contributed by atoms with Crippen LogP contribution in [0.1, 0.15) is 56.4 Å². The van der Waals surface area contributed by atoms with E-state index in [1.807, 2.05) is 45.0 Å². The van der Waals surface area contributed by atoms with E-state index in [0.717, 1.165) is 35.7 Å². The predicted octanol–water partition coefficient (Wildman–Crippen LogP) is 3.46. The Morgan fingerprint density at radius 1 is 1.12 bits per heavy atom. The molecule has 1 aromatic heterocycles. The summed E-state index contributed by atoms with van der Waals surface area (Å²) in [4.78, 5) is 18.0. The van der Waals surface area contributed by atoms with Crippen LogP contribution in [0.5, 0.6) is 0 Å². The highest BCUT2D eigenvalue weighted by molar-refractivity contribution is 14.0. The largest absolute Gasteiger partial charge is 0.444 e. The van der Waals surface area contributed by atoms with Gasteiger partial charge in [0.05, 0.1) is 6.54 Å². The smallest absolute Gasteiger partial charge is 0.410 e. The Morgan fingerprint density at radius 3 is 2.45 bits per heavy atom. The van der Waals surface area contributed by atoms with Crippen LogP contribution in [0.2, 0.25) is 0 Å². The highest BCUT2D eigenvalue weighted by Gasteiger charge is 2.19. The van der Waals surface area contributed by atoms with E-state index in [2.05, 4.69) is 30.4 Å². The number of nitrogens with one attached hydrogen (secondary N) is 2. The number of fused-ring (bicyclic) bond motifs is 1. The molecular formula is C23H36IN7O2. The van der Waals surface area contributed by atoms with Gasteiger partial charge in [-0.25, -0.2) is 4.79 Å². The van der Waals surface area contributed by atoms with Crippen LogP contribution in [-0.2, 0) is 37.3 Å². The molecule has 0 unspecified atom stereocenters. The van der Waals surface area contributed by atoms with Crippen molar-refractivity contribution in [2.45, 2.75) is 71.8 Å². The molecule has 1 amide bonds. The van der Waals surface area contributed by atoms with Crippen molar-refractivity contribution in [1.82, 2.24) is 30.3 Å². The molecule has 0 fully saturated rings. The molecule has 1 aliphatic rings. The fraction of sp³-hybridized carbons (Fsp3) is 0.565. The van der Waals surface area contributed by atoms with Crippen molar-refractivity contribution in [2.75, 3.05) is 14.1 Å². The average Bonchev–Trinajstić information content (AvgIpc) is 3.17. The Morgan fingerprint density at radius 2 is 1.79 bits per heavy atom. The fourth-order valence-corrected chi connectivity index (χ4v) is 3.51. The molecule has 3 rings (SSSR count). The number of aliphatic imine (C=N–C) groups is 1. The Bertz CT molecular complexity index is 935. The summed E-state index contributed by atoms with van der Waals surface area (Å²) in [7, 11) is 3.50. The quantitative estimate of drug-likeness (QED) is 0.314. The second-order valence-corrected chi connectivity index (χ2v) is 9.07. The Labute approximate surface area is 213 Å². The van der Waals surface area contributed by atoms with Crippen LogP contribution in [-0.4, -0.2) is 51.4 Å². The summed E-state index contributed by atoms with van der Waals surface area (Å²) >= 11 is 0. The molecule has 182 valence electrons. The molecule has 0 atom stereocenters. The van der Waals surface area contributed by atoms with E-state index in [4.69, 9.17) is 4.74 Å². The van der Waals surface area contributed by atoms with Gasteiger partial charge in [-0.15, -0.1) is 34.2 Å². The number of halogens is 1. The molecule has 0 aliphatic carbocycles. The van der Waals surface area contributed by atoms with Crippen LogP contribution < -0.4 is 10.6 Å². The predicted molar refractivity (Wildman–Crippen MR) is 140 cm³/mol. The van der Waals surface area contributed by atoms with E-state index in [-0.39, 0.29) is 30.1 Å². The zero-order chi connectivity index (χ0) is 23.1. The van der Waals surface area contributed by atoms with E-state index in [0.29, 0.717) is 25.6 Å². The molecule has 33 heavy (non-hydrogen) atoms. The van der Waals surface area contributed by atoms with Crippen molar-refractivity contribution in [1.29, 1.82) is 0 Å². The fourth-order valence-electron chi connectivity index (χ4n) is 3.51. The normalized spacial score (nSPS) is 13.5.